The quantitative estimate of drug-likeness (QED) is 0.883. The van der Waals surface area contributed by atoms with Crippen molar-refractivity contribution in [1.82, 2.24) is 10.3 Å². The Morgan fingerprint density at radius 2 is 2.00 bits per heavy atom. The van der Waals surface area contributed by atoms with Crippen LogP contribution in [0.1, 0.15) is 36.1 Å². The van der Waals surface area contributed by atoms with E-state index in [9.17, 15) is 0 Å². The number of nitrogens with zero attached hydrogens (tertiary/aromatic N) is 1. The number of aryl methyl sites for hydroxylation is 1. The third-order valence-electron chi connectivity index (χ3n) is 3.18. The van der Waals surface area contributed by atoms with Crippen LogP contribution in [0.5, 0.6) is 0 Å². The molecule has 1 aromatic heterocycles. The molecule has 0 aliphatic rings. The van der Waals surface area contributed by atoms with Crippen molar-refractivity contribution < 1.29 is 0 Å². The minimum absolute atomic E-state index is 0.507. The van der Waals surface area contributed by atoms with Crippen LogP contribution in [0.4, 0.5) is 0 Å². The number of rotatable bonds is 5. The van der Waals surface area contributed by atoms with Gasteiger partial charge in [-0.3, -0.25) is 4.98 Å². The standard InChI is InChI=1S/C17H22N2/c1-13(2)19-12-16-7-6-14(3)9-17(16)10-15-5-4-8-18-11-15/h4-9,11,13,19H,10,12H2,1-3H3. The van der Waals surface area contributed by atoms with Gasteiger partial charge in [0.25, 0.3) is 0 Å². The van der Waals surface area contributed by atoms with Crippen LogP contribution in [0.3, 0.4) is 0 Å². The second-order valence-electron chi connectivity index (χ2n) is 5.35. The zero-order valence-corrected chi connectivity index (χ0v) is 12.0. The first-order chi connectivity index (χ1) is 9.15. The van der Waals surface area contributed by atoms with E-state index < -0.39 is 0 Å². The highest BCUT2D eigenvalue weighted by Gasteiger charge is 2.05. The molecule has 1 heterocycles. The Morgan fingerprint density at radius 3 is 2.68 bits per heavy atom. The molecule has 0 spiro atoms. The molecule has 0 aliphatic carbocycles. The predicted molar refractivity (Wildman–Crippen MR) is 80.2 cm³/mol. The molecular formula is C17H22N2. The van der Waals surface area contributed by atoms with Gasteiger partial charge in [0.15, 0.2) is 0 Å². The summed E-state index contributed by atoms with van der Waals surface area (Å²) in [6.45, 7) is 7.42. The van der Waals surface area contributed by atoms with E-state index in [-0.39, 0.29) is 0 Å². The van der Waals surface area contributed by atoms with Crippen molar-refractivity contribution >= 4 is 0 Å². The van der Waals surface area contributed by atoms with Crippen molar-refractivity contribution in [2.45, 2.75) is 39.8 Å². The maximum atomic E-state index is 4.19. The average Bonchev–Trinajstić information content (AvgIpc) is 2.39. The Balaban J connectivity index is 2.19. The molecule has 0 amide bonds. The van der Waals surface area contributed by atoms with Gasteiger partial charge in [-0.05, 0) is 36.1 Å². The van der Waals surface area contributed by atoms with Gasteiger partial charge in [0.1, 0.15) is 0 Å². The van der Waals surface area contributed by atoms with Crippen LogP contribution in [0.15, 0.2) is 42.7 Å². The summed E-state index contributed by atoms with van der Waals surface area (Å²) in [5.41, 5.74) is 5.34. The summed E-state index contributed by atoms with van der Waals surface area (Å²) < 4.78 is 0. The third kappa shape index (κ3) is 4.18. The van der Waals surface area contributed by atoms with E-state index in [0.717, 1.165) is 13.0 Å². The fourth-order valence-electron chi connectivity index (χ4n) is 2.13. The third-order valence-corrected chi connectivity index (χ3v) is 3.18. The monoisotopic (exact) mass is 254 g/mol. The first-order valence-corrected chi connectivity index (χ1v) is 6.86. The molecule has 0 bridgehead atoms. The van der Waals surface area contributed by atoms with E-state index in [4.69, 9.17) is 0 Å². The average molecular weight is 254 g/mol. The SMILES string of the molecule is Cc1ccc(CNC(C)C)c(Cc2cccnc2)c1. The van der Waals surface area contributed by atoms with E-state index in [2.05, 4.69) is 55.3 Å². The normalized spacial score (nSPS) is 10.9. The molecule has 1 N–H and O–H groups in total. The lowest BCUT2D eigenvalue weighted by atomic mass is 9.98. The van der Waals surface area contributed by atoms with E-state index >= 15 is 0 Å². The topological polar surface area (TPSA) is 24.9 Å². The zero-order valence-electron chi connectivity index (χ0n) is 12.0. The van der Waals surface area contributed by atoms with E-state index in [1.54, 1.807) is 0 Å². The van der Waals surface area contributed by atoms with Gasteiger partial charge in [0, 0.05) is 25.0 Å². The smallest absolute Gasteiger partial charge is 0.0303 e. The molecule has 0 saturated carbocycles. The van der Waals surface area contributed by atoms with Gasteiger partial charge < -0.3 is 5.32 Å². The van der Waals surface area contributed by atoms with Crippen molar-refractivity contribution in [3.8, 4) is 0 Å². The molecule has 100 valence electrons. The molecule has 2 aromatic rings. The highest BCUT2D eigenvalue weighted by Crippen LogP contribution is 2.16. The van der Waals surface area contributed by atoms with Crippen LogP contribution < -0.4 is 5.32 Å². The fourth-order valence-corrected chi connectivity index (χ4v) is 2.13. The second-order valence-corrected chi connectivity index (χ2v) is 5.35. The molecule has 0 unspecified atom stereocenters. The summed E-state index contributed by atoms with van der Waals surface area (Å²) in [4.78, 5) is 4.19. The molecule has 0 fully saturated rings. The first-order valence-electron chi connectivity index (χ1n) is 6.86. The largest absolute Gasteiger partial charge is 0.310 e. The predicted octanol–water partition coefficient (Wildman–Crippen LogP) is 3.48. The molecular weight excluding hydrogens is 232 g/mol. The van der Waals surface area contributed by atoms with Crippen molar-refractivity contribution in [3.05, 3.63) is 65.0 Å². The highest BCUT2D eigenvalue weighted by molar-refractivity contribution is 5.35. The number of benzene rings is 1. The minimum atomic E-state index is 0.507. The first kappa shape index (κ1) is 13.8. The molecule has 2 heteroatoms. The lowest BCUT2D eigenvalue weighted by Gasteiger charge is -2.13. The molecule has 0 saturated heterocycles. The summed E-state index contributed by atoms with van der Waals surface area (Å²) in [6.07, 6.45) is 4.72. The van der Waals surface area contributed by atoms with E-state index in [0.29, 0.717) is 6.04 Å². The Hall–Kier alpha value is -1.67. The summed E-state index contributed by atoms with van der Waals surface area (Å²) >= 11 is 0. The summed E-state index contributed by atoms with van der Waals surface area (Å²) in [7, 11) is 0. The Morgan fingerprint density at radius 1 is 1.16 bits per heavy atom. The van der Waals surface area contributed by atoms with Gasteiger partial charge in [-0.2, -0.15) is 0 Å². The lowest BCUT2D eigenvalue weighted by Crippen LogP contribution is -2.22. The summed E-state index contributed by atoms with van der Waals surface area (Å²) in [5, 5.41) is 3.49. The second kappa shape index (κ2) is 6.48. The Labute approximate surface area is 115 Å². The van der Waals surface area contributed by atoms with Crippen molar-refractivity contribution in [3.63, 3.8) is 0 Å². The van der Waals surface area contributed by atoms with Gasteiger partial charge >= 0.3 is 0 Å². The van der Waals surface area contributed by atoms with Gasteiger partial charge in [0.05, 0.1) is 0 Å². The minimum Gasteiger partial charge on any atom is -0.310 e. The Kier molecular flexibility index (Phi) is 4.69. The molecule has 0 atom stereocenters. The van der Waals surface area contributed by atoms with Crippen LogP contribution >= 0.6 is 0 Å². The number of aromatic nitrogens is 1. The summed E-state index contributed by atoms with van der Waals surface area (Å²) in [6, 6.07) is 11.3. The fraction of sp³-hybridized carbons (Fsp3) is 0.353. The number of hydrogen-bond donors (Lipinski definition) is 1. The molecule has 2 nitrogen and oxygen atoms in total. The van der Waals surface area contributed by atoms with Gasteiger partial charge in [-0.1, -0.05) is 43.7 Å². The van der Waals surface area contributed by atoms with Crippen LogP contribution in [0, 0.1) is 6.92 Å². The zero-order chi connectivity index (χ0) is 13.7. The van der Waals surface area contributed by atoms with Gasteiger partial charge in [-0.25, -0.2) is 0 Å². The Bertz CT molecular complexity index is 518. The molecule has 19 heavy (non-hydrogen) atoms. The van der Waals surface area contributed by atoms with E-state index in [1.807, 2.05) is 18.5 Å². The van der Waals surface area contributed by atoms with Gasteiger partial charge in [-0.15, -0.1) is 0 Å². The maximum absolute atomic E-state index is 4.19. The molecule has 2 rings (SSSR count). The molecule has 0 aliphatic heterocycles. The number of pyridine rings is 1. The number of nitrogens with one attached hydrogen (secondary N) is 1. The lowest BCUT2D eigenvalue weighted by molar-refractivity contribution is 0.587. The van der Waals surface area contributed by atoms with Crippen LogP contribution in [0.2, 0.25) is 0 Å². The van der Waals surface area contributed by atoms with Crippen molar-refractivity contribution in [1.29, 1.82) is 0 Å². The van der Waals surface area contributed by atoms with Gasteiger partial charge in [0.2, 0.25) is 0 Å². The van der Waals surface area contributed by atoms with E-state index in [1.165, 1.54) is 22.3 Å². The molecule has 1 aromatic carbocycles. The maximum Gasteiger partial charge on any atom is 0.0303 e. The van der Waals surface area contributed by atoms with Crippen LogP contribution in [-0.2, 0) is 13.0 Å². The van der Waals surface area contributed by atoms with Crippen molar-refractivity contribution in [2.75, 3.05) is 0 Å². The highest BCUT2D eigenvalue weighted by atomic mass is 14.9. The molecule has 0 radical (unpaired) electrons. The van der Waals surface area contributed by atoms with Crippen LogP contribution in [-0.4, -0.2) is 11.0 Å². The van der Waals surface area contributed by atoms with Crippen LogP contribution in [0.25, 0.3) is 0 Å². The number of hydrogen-bond acceptors (Lipinski definition) is 2. The summed E-state index contributed by atoms with van der Waals surface area (Å²) in [5.74, 6) is 0. The van der Waals surface area contributed by atoms with Crippen molar-refractivity contribution in [2.24, 2.45) is 0 Å².